The molecule has 1 aromatic rings. The lowest BCUT2D eigenvalue weighted by atomic mass is 9.99. The highest BCUT2D eigenvalue weighted by Gasteiger charge is 2.24. The third kappa shape index (κ3) is 2.35. The third-order valence-corrected chi connectivity index (χ3v) is 3.19. The molecular formula is C13H17NO3. The first-order valence-electron chi connectivity index (χ1n) is 5.90. The van der Waals surface area contributed by atoms with Crippen LogP contribution in [0.25, 0.3) is 0 Å². The van der Waals surface area contributed by atoms with E-state index in [1.807, 2.05) is 0 Å². The summed E-state index contributed by atoms with van der Waals surface area (Å²) in [6.45, 7) is 3.55. The van der Waals surface area contributed by atoms with Crippen LogP contribution >= 0.6 is 0 Å². The van der Waals surface area contributed by atoms with Gasteiger partial charge in [-0.05, 0) is 30.9 Å². The maximum atomic E-state index is 12.2. The summed E-state index contributed by atoms with van der Waals surface area (Å²) in [5.74, 6) is -0.284. The summed E-state index contributed by atoms with van der Waals surface area (Å²) >= 11 is 0. The Hall–Kier alpha value is -1.71. The lowest BCUT2D eigenvalue weighted by Crippen LogP contribution is -2.39. The maximum absolute atomic E-state index is 12.2. The summed E-state index contributed by atoms with van der Waals surface area (Å²) < 4.78 is 0. The minimum Gasteiger partial charge on any atom is -0.504 e. The number of para-hydroxylation sites is 1. The van der Waals surface area contributed by atoms with Crippen molar-refractivity contribution in [2.24, 2.45) is 5.92 Å². The number of likely N-dealkylation sites (tertiary alicyclic amines) is 1. The number of phenols is 2. The number of hydrogen-bond donors (Lipinski definition) is 2. The van der Waals surface area contributed by atoms with Gasteiger partial charge >= 0.3 is 0 Å². The summed E-state index contributed by atoms with van der Waals surface area (Å²) in [4.78, 5) is 13.9. The van der Waals surface area contributed by atoms with Crippen molar-refractivity contribution in [3.63, 3.8) is 0 Å². The summed E-state index contributed by atoms with van der Waals surface area (Å²) in [6, 6.07) is 4.47. The molecule has 4 nitrogen and oxygen atoms in total. The van der Waals surface area contributed by atoms with Gasteiger partial charge in [0.1, 0.15) is 0 Å². The molecule has 0 radical (unpaired) electrons. The lowest BCUT2D eigenvalue weighted by molar-refractivity contribution is 0.0679. The number of aromatic hydroxyl groups is 2. The van der Waals surface area contributed by atoms with Crippen LogP contribution in [0, 0.1) is 5.92 Å². The molecule has 1 unspecified atom stereocenters. The second-order valence-corrected chi connectivity index (χ2v) is 4.67. The van der Waals surface area contributed by atoms with Gasteiger partial charge in [-0.1, -0.05) is 13.0 Å². The van der Waals surface area contributed by atoms with E-state index in [9.17, 15) is 15.0 Å². The van der Waals surface area contributed by atoms with E-state index in [0.29, 0.717) is 12.5 Å². The molecule has 1 aliphatic heterocycles. The number of carbonyl (C=O) groups excluding carboxylic acids is 1. The van der Waals surface area contributed by atoms with Gasteiger partial charge in [-0.2, -0.15) is 0 Å². The second-order valence-electron chi connectivity index (χ2n) is 4.67. The van der Waals surface area contributed by atoms with Crippen LogP contribution in [0.2, 0.25) is 0 Å². The Morgan fingerprint density at radius 1 is 1.41 bits per heavy atom. The van der Waals surface area contributed by atoms with Crippen LogP contribution in [-0.4, -0.2) is 34.1 Å². The van der Waals surface area contributed by atoms with Crippen LogP contribution in [-0.2, 0) is 0 Å². The van der Waals surface area contributed by atoms with Crippen molar-refractivity contribution in [1.82, 2.24) is 4.90 Å². The van der Waals surface area contributed by atoms with E-state index in [1.165, 1.54) is 12.1 Å². The van der Waals surface area contributed by atoms with E-state index in [2.05, 4.69) is 6.92 Å². The van der Waals surface area contributed by atoms with Gasteiger partial charge in [0.15, 0.2) is 11.5 Å². The number of piperidine rings is 1. The van der Waals surface area contributed by atoms with Crippen LogP contribution in [0.5, 0.6) is 11.5 Å². The highest BCUT2D eigenvalue weighted by Crippen LogP contribution is 2.30. The Labute approximate surface area is 100 Å². The summed E-state index contributed by atoms with van der Waals surface area (Å²) in [6.07, 6.45) is 2.13. The van der Waals surface area contributed by atoms with Crippen molar-refractivity contribution >= 4 is 5.91 Å². The minimum absolute atomic E-state index is 0.180. The normalized spacial score (nSPS) is 20.3. The minimum atomic E-state index is -0.323. The molecule has 1 aliphatic rings. The maximum Gasteiger partial charge on any atom is 0.257 e. The van der Waals surface area contributed by atoms with Crippen molar-refractivity contribution in [3.05, 3.63) is 23.8 Å². The van der Waals surface area contributed by atoms with Crippen molar-refractivity contribution in [2.75, 3.05) is 13.1 Å². The van der Waals surface area contributed by atoms with Crippen LogP contribution in [0.1, 0.15) is 30.1 Å². The number of amides is 1. The van der Waals surface area contributed by atoms with Crippen LogP contribution < -0.4 is 0 Å². The van der Waals surface area contributed by atoms with E-state index in [0.717, 1.165) is 19.4 Å². The zero-order valence-corrected chi connectivity index (χ0v) is 9.89. The first kappa shape index (κ1) is 11.8. The molecular weight excluding hydrogens is 218 g/mol. The molecule has 1 atom stereocenters. The molecule has 0 aliphatic carbocycles. The second kappa shape index (κ2) is 4.65. The van der Waals surface area contributed by atoms with Gasteiger partial charge in [0, 0.05) is 13.1 Å². The van der Waals surface area contributed by atoms with Gasteiger partial charge in [-0.3, -0.25) is 4.79 Å². The molecule has 2 rings (SSSR count). The lowest BCUT2D eigenvalue weighted by Gasteiger charge is -2.31. The molecule has 1 saturated heterocycles. The fraction of sp³-hybridized carbons (Fsp3) is 0.462. The molecule has 1 fully saturated rings. The molecule has 2 N–H and O–H groups in total. The van der Waals surface area contributed by atoms with Gasteiger partial charge in [0.05, 0.1) is 5.56 Å². The summed E-state index contributed by atoms with van der Waals surface area (Å²) in [7, 11) is 0. The van der Waals surface area contributed by atoms with E-state index < -0.39 is 0 Å². The standard InChI is InChI=1S/C13H17NO3/c1-9-4-3-7-14(8-9)13(17)10-5-2-6-11(15)12(10)16/h2,5-6,9,15-16H,3-4,7-8H2,1H3. The first-order valence-corrected chi connectivity index (χ1v) is 5.90. The predicted octanol–water partition coefficient (Wildman–Crippen LogP) is 1.97. The Morgan fingerprint density at radius 3 is 2.88 bits per heavy atom. The number of phenolic OH excluding ortho intramolecular Hbond substituents is 2. The first-order chi connectivity index (χ1) is 8.09. The van der Waals surface area contributed by atoms with Crippen molar-refractivity contribution in [2.45, 2.75) is 19.8 Å². The highest BCUT2D eigenvalue weighted by molar-refractivity contribution is 5.97. The molecule has 1 aromatic carbocycles. The van der Waals surface area contributed by atoms with Crippen LogP contribution in [0.3, 0.4) is 0 Å². The largest absolute Gasteiger partial charge is 0.504 e. The van der Waals surface area contributed by atoms with Gasteiger partial charge < -0.3 is 15.1 Å². The van der Waals surface area contributed by atoms with E-state index in [1.54, 1.807) is 11.0 Å². The van der Waals surface area contributed by atoms with Crippen molar-refractivity contribution in [3.8, 4) is 11.5 Å². The Kier molecular flexibility index (Phi) is 3.22. The Morgan fingerprint density at radius 2 is 2.18 bits per heavy atom. The average Bonchev–Trinajstić information content (AvgIpc) is 2.32. The van der Waals surface area contributed by atoms with E-state index in [4.69, 9.17) is 0 Å². The van der Waals surface area contributed by atoms with Crippen molar-refractivity contribution < 1.29 is 15.0 Å². The molecule has 0 spiro atoms. The summed E-state index contributed by atoms with van der Waals surface area (Å²) in [5, 5.41) is 19.0. The Bertz CT molecular complexity index is 431. The quantitative estimate of drug-likeness (QED) is 0.731. The third-order valence-electron chi connectivity index (χ3n) is 3.19. The molecule has 0 bridgehead atoms. The predicted molar refractivity (Wildman–Crippen MR) is 64.1 cm³/mol. The Balaban J connectivity index is 2.22. The number of benzene rings is 1. The van der Waals surface area contributed by atoms with Gasteiger partial charge in [0.2, 0.25) is 0 Å². The highest BCUT2D eigenvalue weighted by atomic mass is 16.3. The molecule has 92 valence electrons. The molecule has 17 heavy (non-hydrogen) atoms. The molecule has 0 aromatic heterocycles. The number of hydrogen-bond acceptors (Lipinski definition) is 3. The van der Waals surface area contributed by atoms with E-state index in [-0.39, 0.29) is 23.0 Å². The zero-order valence-electron chi connectivity index (χ0n) is 9.89. The molecule has 4 heteroatoms. The smallest absolute Gasteiger partial charge is 0.257 e. The zero-order chi connectivity index (χ0) is 12.4. The molecule has 1 heterocycles. The van der Waals surface area contributed by atoms with Gasteiger partial charge in [0.25, 0.3) is 5.91 Å². The fourth-order valence-electron chi connectivity index (χ4n) is 2.25. The average molecular weight is 235 g/mol. The topological polar surface area (TPSA) is 60.8 Å². The van der Waals surface area contributed by atoms with Crippen molar-refractivity contribution in [1.29, 1.82) is 0 Å². The van der Waals surface area contributed by atoms with Crippen LogP contribution in [0.4, 0.5) is 0 Å². The molecule has 0 saturated carbocycles. The van der Waals surface area contributed by atoms with Crippen LogP contribution in [0.15, 0.2) is 18.2 Å². The van der Waals surface area contributed by atoms with E-state index >= 15 is 0 Å². The number of carbonyl (C=O) groups is 1. The number of nitrogens with zero attached hydrogens (tertiary/aromatic N) is 1. The molecule has 1 amide bonds. The number of rotatable bonds is 1. The van der Waals surface area contributed by atoms with Gasteiger partial charge in [-0.25, -0.2) is 0 Å². The SMILES string of the molecule is CC1CCCN(C(=O)c2cccc(O)c2O)C1. The fourth-order valence-corrected chi connectivity index (χ4v) is 2.25. The monoisotopic (exact) mass is 235 g/mol. The summed E-state index contributed by atoms with van der Waals surface area (Å²) in [5.41, 5.74) is 0.180. The van der Waals surface area contributed by atoms with Gasteiger partial charge in [-0.15, -0.1) is 0 Å².